The van der Waals surface area contributed by atoms with Gasteiger partial charge in [-0.1, -0.05) is 0 Å². The number of rotatable bonds is 2. The number of hydrogen-bond acceptors (Lipinski definition) is 0. The van der Waals surface area contributed by atoms with Gasteiger partial charge in [0.25, 0.3) is 0 Å². The predicted molar refractivity (Wildman–Crippen MR) is 106 cm³/mol. The Morgan fingerprint density at radius 1 is 0.750 bits per heavy atom. The third kappa shape index (κ3) is 2.31. The van der Waals surface area contributed by atoms with Crippen LogP contribution in [0.15, 0.2) is 60.7 Å². The minimum atomic E-state index is -4.42. The van der Waals surface area contributed by atoms with E-state index in [1.54, 1.807) is 0 Å². The van der Waals surface area contributed by atoms with Gasteiger partial charge in [0, 0.05) is 0 Å². The van der Waals surface area contributed by atoms with Crippen molar-refractivity contribution in [2.24, 2.45) is 0 Å². The first-order chi connectivity index (χ1) is 11.4. The molecule has 0 aromatic heterocycles. The second kappa shape index (κ2) is 5.90. The Kier molecular flexibility index (Phi) is 4.23. The third-order valence-corrected chi connectivity index (χ3v) is 80.9. The molecule has 0 saturated carbocycles. The quantitative estimate of drug-likeness (QED) is 0.336. The summed E-state index contributed by atoms with van der Waals surface area (Å²) in [7, 11) is 15.5. The third-order valence-electron chi connectivity index (χ3n) is 5.69. The molecule has 2 aliphatic rings. The number of hydrogen-bond donors (Lipinski definition) is 0. The number of benzene rings is 2. The Morgan fingerprint density at radius 2 is 1.17 bits per heavy atom. The fourth-order valence-electron chi connectivity index (χ4n) is 4.24. The number of allylic oxidation sites excluding steroid dienone is 2. The summed E-state index contributed by atoms with van der Waals surface area (Å²) in [6, 6.07) is 17.2. The molecule has 0 spiro atoms. The van der Waals surface area contributed by atoms with Crippen LogP contribution in [-0.4, -0.2) is 4.59 Å². The van der Waals surface area contributed by atoms with Crippen LogP contribution in [0.25, 0.3) is 12.2 Å². The standard InChI is InChI=1S/2C9H7.C2H6Si.2ClH.U/c2*1-2-5-9-7-3-6-8(9)4-1;1-3-2;;;/h2*1-7H;1-2H3;2*1H;/q;;;;;+2/p-2. The number of halogens is 2. The van der Waals surface area contributed by atoms with Gasteiger partial charge in [-0.2, -0.15) is 0 Å². The Bertz CT molecular complexity index is 894. The van der Waals surface area contributed by atoms with E-state index in [0.717, 1.165) is 0 Å². The average molecular weight is 597 g/mol. The van der Waals surface area contributed by atoms with Crippen molar-refractivity contribution in [3.05, 3.63) is 82.9 Å². The van der Waals surface area contributed by atoms with Crippen molar-refractivity contribution in [3.63, 3.8) is 0 Å². The van der Waals surface area contributed by atoms with Crippen LogP contribution >= 0.6 is 15.2 Å². The van der Waals surface area contributed by atoms with E-state index in [2.05, 4.69) is 85.9 Å². The Labute approximate surface area is 151 Å². The topological polar surface area (TPSA) is 0 Å². The fraction of sp³-hybridized carbons (Fsp3) is 0.200. The number of fused-ring (bicyclic) bond motifs is 2. The van der Waals surface area contributed by atoms with Crippen LogP contribution in [0.3, 0.4) is 0 Å². The molecule has 0 heterocycles. The van der Waals surface area contributed by atoms with Gasteiger partial charge in [0.05, 0.1) is 0 Å². The van der Waals surface area contributed by atoms with Crippen LogP contribution in [0, 0.1) is 18.5 Å². The molecule has 2 unspecified atom stereocenters. The van der Waals surface area contributed by atoms with E-state index in [1.165, 1.54) is 22.3 Å². The predicted octanol–water partition coefficient (Wildman–Crippen LogP) is 6.77. The molecule has 2 aromatic carbocycles. The summed E-state index contributed by atoms with van der Waals surface area (Å²) in [6.45, 7) is 4.65. The van der Waals surface area contributed by atoms with Gasteiger partial charge < -0.3 is 0 Å². The second-order valence-electron chi connectivity index (χ2n) is 7.08. The van der Waals surface area contributed by atoms with Crippen molar-refractivity contribution < 1.29 is 18.5 Å². The summed E-state index contributed by atoms with van der Waals surface area (Å²) in [5.74, 6) is 0. The SMILES string of the molecule is C[Si](C)=[U]([Cl])([Cl])([CH]1C=Cc2ccccc21)[CH]1C=Cc2ccccc21. The molecular weight excluding hydrogens is 577 g/mol. The first-order valence-electron chi connectivity index (χ1n) is 8.35. The Morgan fingerprint density at radius 3 is 1.58 bits per heavy atom. The van der Waals surface area contributed by atoms with Gasteiger partial charge >= 0.3 is 152 Å². The molecular formula is C20H20Cl2SiU. The van der Waals surface area contributed by atoms with Crippen LogP contribution in [0.5, 0.6) is 0 Å². The van der Waals surface area contributed by atoms with Crippen molar-refractivity contribution in [2.45, 2.75) is 19.0 Å². The van der Waals surface area contributed by atoms with E-state index in [-0.39, 0.29) is 5.90 Å². The molecule has 2 aromatic rings. The second-order valence-corrected chi connectivity index (χ2v) is 69.3. The van der Waals surface area contributed by atoms with E-state index in [4.69, 9.17) is 15.2 Å². The first-order valence-corrected chi connectivity index (χ1v) is 32.1. The van der Waals surface area contributed by atoms with Gasteiger partial charge in [0.2, 0.25) is 0 Å². The van der Waals surface area contributed by atoms with Crippen molar-refractivity contribution in [1.29, 1.82) is 0 Å². The molecule has 122 valence electrons. The van der Waals surface area contributed by atoms with Gasteiger partial charge in [-0.3, -0.25) is 0 Å². The summed E-state index contributed by atoms with van der Waals surface area (Å²) >= 11 is -4.42. The van der Waals surface area contributed by atoms with Crippen LogP contribution in [0.4, 0.5) is 0 Å². The van der Waals surface area contributed by atoms with E-state index >= 15 is 0 Å². The molecule has 0 amide bonds. The van der Waals surface area contributed by atoms with Crippen molar-refractivity contribution in [1.82, 2.24) is 0 Å². The van der Waals surface area contributed by atoms with E-state index < -0.39 is 23.1 Å². The molecule has 0 fully saturated rings. The molecule has 4 heteroatoms. The summed E-state index contributed by atoms with van der Waals surface area (Å²) in [5, 5.41) is 0. The molecule has 0 bridgehead atoms. The average Bonchev–Trinajstić information content (AvgIpc) is 3.20. The van der Waals surface area contributed by atoms with Crippen molar-refractivity contribution in [2.75, 3.05) is 0 Å². The minimum absolute atomic E-state index is 0.220. The molecule has 24 heavy (non-hydrogen) atoms. The Balaban J connectivity index is 1.98. The van der Waals surface area contributed by atoms with Gasteiger partial charge in [0.15, 0.2) is 0 Å². The molecule has 0 N–H and O–H groups in total. The zero-order chi connectivity index (χ0) is 17.0. The summed E-state index contributed by atoms with van der Waals surface area (Å²) in [4.78, 5) is 0. The van der Waals surface area contributed by atoms with Crippen molar-refractivity contribution >= 4 is 32.0 Å². The van der Waals surface area contributed by atoms with E-state index in [9.17, 15) is 0 Å². The van der Waals surface area contributed by atoms with Crippen LogP contribution in [0.2, 0.25) is 13.1 Å². The summed E-state index contributed by atoms with van der Waals surface area (Å²) in [6.07, 6.45) is 9.04. The van der Waals surface area contributed by atoms with Crippen LogP contribution in [0.1, 0.15) is 28.2 Å². The monoisotopic (exact) mass is 596 g/mol. The zero-order valence-electron chi connectivity index (χ0n) is 13.8. The zero-order valence-corrected chi connectivity index (χ0v) is 20.5. The first kappa shape index (κ1) is 17.2. The van der Waals surface area contributed by atoms with E-state index in [0.29, 0.717) is 0 Å². The fourth-order valence-corrected chi connectivity index (χ4v) is 45.1. The maximum atomic E-state index is 7.73. The molecule has 2 atom stereocenters. The molecule has 0 aliphatic heterocycles. The maximum absolute atomic E-state index is 7.73. The van der Waals surface area contributed by atoms with Gasteiger partial charge in [-0.05, 0) is 0 Å². The molecule has 0 nitrogen and oxygen atoms in total. The van der Waals surface area contributed by atoms with E-state index in [1.807, 2.05) is 0 Å². The molecule has 0 radical (unpaired) electrons. The van der Waals surface area contributed by atoms with Gasteiger partial charge in [0.1, 0.15) is 0 Å². The van der Waals surface area contributed by atoms with Crippen LogP contribution in [-0.2, 0) is 0 Å². The summed E-state index contributed by atoms with van der Waals surface area (Å²) < 4.78 is -0.425. The van der Waals surface area contributed by atoms with Gasteiger partial charge in [-0.15, -0.1) is 0 Å². The molecule has 4 rings (SSSR count). The molecule has 0 saturated heterocycles. The van der Waals surface area contributed by atoms with Crippen LogP contribution < -0.4 is 0 Å². The normalized spacial score (nSPS) is 22.8. The Hall–Kier alpha value is -0.231. The molecule has 2 aliphatic carbocycles. The summed E-state index contributed by atoms with van der Waals surface area (Å²) in [5.41, 5.74) is 5.24. The van der Waals surface area contributed by atoms with Gasteiger partial charge in [-0.25, -0.2) is 0 Å². The van der Waals surface area contributed by atoms with Crippen molar-refractivity contribution in [3.8, 4) is 0 Å².